The molecule has 7 heteroatoms. The number of piperidine rings is 1. The van der Waals surface area contributed by atoms with Gasteiger partial charge in [-0.1, -0.05) is 6.92 Å². The lowest BCUT2D eigenvalue weighted by Crippen LogP contribution is -2.38. The minimum atomic E-state index is -0.296. The largest absolute Gasteiger partial charge is 0.391 e. The molecule has 1 amide bonds. The fourth-order valence-electron chi connectivity index (χ4n) is 2.72. The van der Waals surface area contributed by atoms with Crippen LogP contribution < -0.4 is 10.2 Å². The van der Waals surface area contributed by atoms with Crippen molar-refractivity contribution in [2.75, 3.05) is 18.0 Å². The van der Waals surface area contributed by atoms with Crippen molar-refractivity contribution < 1.29 is 9.90 Å². The molecule has 2 aromatic heterocycles. The summed E-state index contributed by atoms with van der Waals surface area (Å²) in [5.74, 6) is 0.652. The van der Waals surface area contributed by atoms with Crippen LogP contribution in [0, 0.1) is 0 Å². The molecule has 2 aromatic rings. The highest BCUT2D eigenvalue weighted by molar-refractivity contribution is 7.09. The molecule has 0 aromatic carbocycles. The molecule has 1 aliphatic heterocycles. The van der Waals surface area contributed by atoms with Crippen molar-refractivity contribution in [1.82, 2.24) is 15.3 Å². The van der Waals surface area contributed by atoms with E-state index in [0.29, 0.717) is 18.7 Å². The molecule has 0 radical (unpaired) electrons. The maximum absolute atomic E-state index is 12.2. The van der Waals surface area contributed by atoms with Crippen molar-refractivity contribution in [3.8, 4) is 0 Å². The average molecular weight is 346 g/mol. The van der Waals surface area contributed by atoms with Crippen molar-refractivity contribution in [3.63, 3.8) is 0 Å². The molecule has 128 valence electrons. The molecule has 1 atom stereocenters. The van der Waals surface area contributed by atoms with Gasteiger partial charge in [-0.15, -0.1) is 11.3 Å². The highest BCUT2D eigenvalue weighted by atomic mass is 32.1. The van der Waals surface area contributed by atoms with E-state index in [9.17, 15) is 9.90 Å². The first-order chi connectivity index (χ1) is 11.7. The van der Waals surface area contributed by atoms with Crippen LogP contribution in [0.4, 0.5) is 5.82 Å². The van der Waals surface area contributed by atoms with Gasteiger partial charge < -0.3 is 15.3 Å². The van der Waals surface area contributed by atoms with E-state index in [-0.39, 0.29) is 12.0 Å². The number of aliphatic hydroxyl groups excluding tert-OH is 1. The van der Waals surface area contributed by atoms with Gasteiger partial charge in [-0.05, 0) is 31.4 Å². The Labute approximate surface area is 145 Å². The second-order valence-corrected chi connectivity index (χ2v) is 6.86. The summed E-state index contributed by atoms with van der Waals surface area (Å²) < 4.78 is 0. The fourth-order valence-corrected chi connectivity index (χ4v) is 3.54. The predicted molar refractivity (Wildman–Crippen MR) is 94.4 cm³/mol. The lowest BCUT2D eigenvalue weighted by molar-refractivity contribution is 0.0950. The number of thiazole rings is 1. The number of β-amino-alcohol motifs (C(OH)–C–C–N with tert-alkyl or cyclic N) is 1. The number of hydrogen-bond donors (Lipinski definition) is 2. The van der Waals surface area contributed by atoms with E-state index >= 15 is 0 Å². The summed E-state index contributed by atoms with van der Waals surface area (Å²) in [6.07, 6.45) is 3.99. The van der Waals surface area contributed by atoms with Crippen LogP contribution in [0.3, 0.4) is 0 Å². The number of nitrogens with zero attached hydrogens (tertiary/aromatic N) is 3. The van der Waals surface area contributed by atoms with Crippen LogP contribution in [-0.2, 0) is 13.0 Å². The van der Waals surface area contributed by atoms with Gasteiger partial charge in [0.05, 0.1) is 23.9 Å². The number of amides is 1. The molecule has 3 heterocycles. The van der Waals surface area contributed by atoms with E-state index in [4.69, 9.17) is 0 Å². The van der Waals surface area contributed by atoms with Gasteiger partial charge in [-0.2, -0.15) is 0 Å². The molecule has 6 nitrogen and oxygen atoms in total. The lowest BCUT2D eigenvalue weighted by atomic mass is 10.1. The average Bonchev–Trinajstić information content (AvgIpc) is 3.08. The van der Waals surface area contributed by atoms with E-state index < -0.39 is 0 Å². The second-order valence-electron chi connectivity index (χ2n) is 5.92. The van der Waals surface area contributed by atoms with Crippen LogP contribution in [0.5, 0.6) is 0 Å². The number of aryl methyl sites for hydroxylation is 1. The number of carbonyl (C=O) groups excluding carboxylic acids is 1. The standard InChI is InChI=1S/C17H22N4O2S/c1-2-13-11-24-16(20-13)9-19-17(23)12-5-6-15(18-8-12)21-7-3-4-14(22)10-21/h5-6,8,11,14,22H,2-4,7,9-10H2,1H3,(H,19,23)/t14-/m0/s1. The third kappa shape index (κ3) is 4.10. The first-order valence-corrected chi connectivity index (χ1v) is 9.14. The van der Waals surface area contributed by atoms with E-state index in [0.717, 1.165) is 42.3 Å². The Morgan fingerprint density at radius 3 is 3.04 bits per heavy atom. The Hall–Kier alpha value is -1.99. The molecule has 0 bridgehead atoms. The lowest BCUT2D eigenvalue weighted by Gasteiger charge is -2.30. The molecule has 24 heavy (non-hydrogen) atoms. The summed E-state index contributed by atoms with van der Waals surface area (Å²) in [5, 5.41) is 15.5. The van der Waals surface area contributed by atoms with Gasteiger partial charge in [0, 0.05) is 24.7 Å². The van der Waals surface area contributed by atoms with E-state index in [1.165, 1.54) is 0 Å². The Bertz CT molecular complexity index is 686. The molecule has 0 saturated carbocycles. The zero-order chi connectivity index (χ0) is 16.9. The Morgan fingerprint density at radius 2 is 2.38 bits per heavy atom. The Balaban J connectivity index is 1.57. The number of carbonyl (C=O) groups is 1. The number of rotatable bonds is 5. The Morgan fingerprint density at radius 1 is 1.50 bits per heavy atom. The highest BCUT2D eigenvalue weighted by Crippen LogP contribution is 2.18. The van der Waals surface area contributed by atoms with Crippen molar-refractivity contribution in [1.29, 1.82) is 0 Å². The van der Waals surface area contributed by atoms with Gasteiger partial charge in [0.2, 0.25) is 0 Å². The molecule has 0 aliphatic carbocycles. The van der Waals surface area contributed by atoms with Crippen LogP contribution in [0.2, 0.25) is 0 Å². The molecule has 1 saturated heterocycles. The zero-order valence-corrected chi connectivity index (χ0v) is 14.6. The third-order valence-electron chi connectivity index (χ3n) is 4.09. The third-order valence-corrected chi connectivity index (χ3v) is 4.99. The number of hydrogen-bond acceptors (Lipinski definition) is 6. The quantitative estimate of drug-likeness (QED) is 0.866. The topological polar surface area (TPSA) is 78.4 Å². The molecule has 3 rings (SSSR count). The van der Waals surface area contributed by atoms with Crippen LogP contribution in [0.15, 0.2) is 23.7 Å². The van der Waals surface area contributed by atoms with E-state index in [1.54, 1.807) is 23.6 Å². The van der Waals surface area contributed by atoms with Crippen molar-refractivity contribution in [2.45, 2.75) is 38.8 Å². The molecular formula is C17H22N4O2S. The van der Waals surface area contributed by atoms with Crippen molar-refractivity contribution in [2.24, 2.45) is 0 Å². The van der Waals surface area contributed by atoms with Crippen LogP contribution in [-0.4, -0.2) is 40.2 Å². The van der Waals surface area contributed by atoms with Gasteiger partial charge in [-0.25, -0.2) is 9.97 Å². The minimum Gasteiger partial charge on any atom is -0.391 e. The summed E-state index contributed by atoms with van der Waals surface area (Å²) in [6.45, 7) is 3.98. The number of anilines is 1. The van der Waals surface area contributed by atoms with E-state index in [1.807, 2.05) is 11.4 Å². The summed E-state index contributed by atoms with van der Waals surface area (Å²) in [4.78, 5) is 23.1. The molecule has 1 aliphatic rings. The van der Waals surface area contributed by atoms with Crippen LogP contribution >= 0.6 is 11.3 Å². The summed E-state index contributed by atoms with van der Waals surface area (Å²) >= 11 is 1.56. The monoisotopic (exact) mass is 346 g/mol. The molecule has 0 unspecified atom stereocenters. The summed E-state index contributed by atoms with van der Waals surface area (Å²) in [6, 6.07) is 3.61. The SMILES string of the molecule is CCc1csc(CNC(=O)c2ccc(N3CCC[C@H](O)C3)nc2)n1. The van der Waals surface area contributed by atoms with Crippen molar-refractivity contribution >= 4 is 23.1 Å². The minimum absolute atomic E-state index is 0.152. The second kappa shape index (κ2) is 7.72. The number of aliphatic hydroxyl groups is 1. The number of aromatic nitrogens is 2. The van der Waals surface area contributed by atoms with Gasteiger partial charge in [0.25, 0.3) is 5.91 Å². The highest BCUT2D eigenvalue weighted by Gasteiger charge is 2.19. The maximum atomic E-state index is 12.2. The Kier molecular flexibility index (Phi) is 5.42. The van der Waals surface area contributed by atoms with Gasteiger partial charge in [-0.3, -0.25) is 4.79 Å². The number of nitrogens with one attached hydrogen (secondary N) is 1. The first-order valence-electron chi connectivity index (χ1n) is 8.26. The smallest absolute Gasteiger partial charge is 0.253 e. The van der Waals surface area contributed by atoms with Gasteiger partial charge in [0.1, 0.15) is 10.8 Å². The molecule has 1 fully saturated rings. The maximum Gasteiger partial charge on any atom is 0.253 e. The van der Waals surface area contributed by atoms with Crippen LogP contribution in [0.25, 0.3) is 0 Å². The van der Waals surface area contributed by atoms with Crippen LogP contribution in [0.1, 0.15) is 40.8 Å². The first kappa shape index (κ1) is 16.9. The van der Waals surface area contributed by atoms with Crippen molar-refractivity contribution in [3.05, 3.63) is 40.0 Å². The molecule has 2 N–H and O–H groups in total. The fraction of sp³-hybridized carbons (Fsp3) is 0.471. The summed E-state index contributed by atoms with van der Waals surface area (Å²) in [7, 11) is 0. The molecular weight excluding hydrogens is 324 g/mol. The van der Waals surface area contributed by atoms with E-state index in [2.05, 4.69) is 27.1 Å². The van der Waals surface area contributed by atoms with Gasteiger partial charge >= 0.3 is 0 Å². The van der Waals surface area contributed by atoms with Gasteiger partial charge in [0.15, 0.2) is 0 Å². The normalized spacial score (nSPS) is 17.8. The number of pyridine rings is 1. The predicted octanol–water partition coefficient (Wildman–Crippen LogP) is 1.99. The zero-order valence-electron chi connectivity index (χ0n) is 13.7. The summed E-state index contributed by atoms with van der Waals surface area (Å²) in [5.41, 5.74) is 1.59. The molecule has 0 spiro atoms.